The number of aromatic nitrogens is 2. The highest BCUT2D eigenvalue weighted by Crippen LogP contribution is 2.49. The van der Waals surface area contributed by atoms with Crippen molar-refractivity contribution in [3.05, 3.63) is 18.0 Å². The molecule has 3 rings (SSSR count). The van der Waals surface area contributed by atoms with Gasteiger partial charge in [-0.1, -0.05) is 6.42 Å². The van der Waals surface area contributed by atoms with Crippen LogP contribution in [-0.4, -0.2) is 47.2 Å². The molecule has 0 spiro atoms. The van der Waals surface area contributed by atoms with Crippen molar-refractivity contribution in [1.29, 1.82) is 0 Å². The van der Waals surface area contributed by atoms with Gasteiger partial charge in [-0.2, -0.15) is 0 Å². The fraction of sp³-hybridized carbons (Fsp3) is 0.571. The molecule has 0 amide bonds. The van der Waals surface area contributed by atoms with Gasteiger partial charge in [0, 0.05) is 25.5 Å². The third kappa shape index (κ3) is 2.12. The van der Waals surface area contributed by atoms with Crippen LogP contribution in [0.3, 0.4) is 0 Å². The zero-order chi connectivity index (χ0) is 15.0. The molecule has 2 atom stereocenters. The molecule has 21 heavy (non-hydrogen) atoms. The number of carbonyl (C=O) groups is 2. The van der Waals surface area contributed by atoms with E-state index in [2.05, 4.69) is 14.7 Å². The molecule has 0 bridgehead atoms. The van der Waals surface area contributed by atoms with Crippen LogP contribution >= 0.6 is 0 Å². The summed E-state index contributed by atoms with van der Waals surface area (Å²) in [4.78, 5) is 33.2. The molecule has 1 saturated carbocycles. The van der Waals surface area contributed by atoms with E-state index in [1.165, 1.54) is 19.5 Å². The second kappa shape index (κ2) is 4.98. The van der Waals surface area contributed by atoms with E-state index in [9.17, 15) is 14.7 Å². The first-order valence-electron chi connectivity index (χ1n) is 6.95. The highest BCUT2D eigenvalue weighted by molar-refractivity contribution is 5.88. The molecule has 7 nitrogen and oxygen atoms in total. The largest absolute Gasteiger partial charge is 0.481 e. The van der Waals surface area contributed by atoms with Crippen molar-refractivity contribution in [2.75, 3.05) is 25.1 Å². The van der Waals surface area contributed by atoms with Gasteiger partial charge in [-0.05, 0) is 18.8 Å². The Kier molecular flexibility index (Phi) is 3.27. The van der Waals surface area contributed by atoms with Crippen molar-refractivity contribution < 1.29 is 19.4 Å². The molecule has 112 valence electrons. The topological polar surface area (TPSA) is 92.6 Å². The van der Waals surface area contributed by atoms with Crippen molar-refractivity contribution >= 4 is 17.9 Å². The van der Waals surface area contributed by atoms with E-state index in [4.69, 9.17) is 0 Å². The monoisotopic (exact) mass is 291 g/mol. The minimum Gasteiger partial charge on any atom is -0.481 e. The number of aliphatic carboxylic acids is 1. The fourth-order valence-corrected chi connectivity index (χ4v) is 3.50. The Hall–Kier alpha value is -2.18. The van der Waals surface area contributed by atoms with Crippen molar-refractivity contribution in [3.8, 4) is 0 Å². The molecule has 0 radical (unpaired) electrons. The lowest BCUT2D eigenvalue weighted by molar-refractivity contribution is -0.149. The van der Waals surface area contributed by atoms with Crippen molar-refractivity contribution in [2.24, 2.45) is 11.3 Å². The van der Waals surface area contributed by atoms with E-state index in [-0.39, 0.29) is 11.5 Å². The number of anilines is 1. The van der Waals surface area contributed by atoms with Gasteiger partial charge >= 0.3 is 11.9 Å². The maximum Gasteiger partial charge on any atom is 0.341 e. The molecule has 1 saturated heterocycles. The first-order valence-corrected chi connectivity index (χ1v) is 6.95. The van der Waals surface area contributed by atoms with Gasteiger partial charge in [-0.15, -0.1) is 0 Å². The number of carboxylic acids is 1. The molecule has 2 aliphatic rings. The zero-order valence-corrected chi connectivity index (χ0v) is 11.8. The van der Waals surface area contributed by atoms with E-state index in [1.807, 2.05) is 4.90 Å². The number of carbonyl (C=O) groups excluding carboxylic acids is 1. The molecule has 2 heterocycles. The van der Waals surface area contributed by atoms with Gasteiger partial charge in [0.25, 0.3) is 0 Å². The summed E-state index contributed by atoms with van der Waals surface area (Å²) >= 11 is 0. The Bertz CT molecular complexity index is 574. The van der Waals surface area contributed by atoms with Crippen molar-refractivity contribution in [3.63, 3.8) is 0 Å². The summed E-state index contributed by atoms with van der Waals surface area (Å²) in [5.41, 5.74) is -0.377. The second-order valence-electron chi connectivity index (χ2n) is 5.69. The first kappa shape index (κ1) is 13.8. The predicted octanol–water partition coefficient (Wildman–Crippen LogP) is 0.954. The normalized spacial score (nSPS) is 27.5. The van der Waals surface area contributed by atoms with Crippen LogP contribution in [0.5, 0.6) is 0 Å². The minimum atomic E-state index is -0.723. The number of methoxy groups -OCH3 is 1. The van der Waals surface area contributed by atoms with Crippen LogP contribution in [0.4, 0.5) is 5.95 Å². The summed E-state index contributed by atoms with van der Waals surface area (Å²) in [5.74, 6) is -0.586. The number of rotatable bonds is 3. The van der Waals surface area contributed by atoms with Gasteiger partial charge in [0.1, 0.15) is 0 Å². The smallest absolute Gasteiger partial charge is 0.341 e. The summed E-state index contributed by atoms with van der Waals surface area (Å²) in [6.45, 7) is 1.09. The van der Waals surface area contributed by atoms with Crippen LogP contribution in [0.15, 0.2) is 12.4 Å². The number of nitrogens with zero attached hydrogens (tertiary/aromatic N) is 3. The average Bonchev–Trinajstić information content (AvgIpc) is 3.04. The molecule has 1 aliphatic heterocycles. The van der Waals surface area contributed by atoms with Gasteiger partial charge in [-0.3, -0.25) is 4.79 Å². The molecule has 7 heteroatoms. The fourth-order valence-electron chi connectivity index (χ4n) is 3.50. The summed E-state index contributed by atoms with van der Waals surface area (Å²) in [7, 11) is 1.30. The predicted molar refractivity (Wildman–Crippen MR) is 73.0 cm³/mol. The molecule has 1 aliphatic carbocycles. The van der Waals surface area contributed by atoms with E-state index >= 15 is 0 Å². The first-order chi connectivity index (χ1) is 10.1. The Balaban J connectivity index is 1.80. The van der Waals surface area contributed by atoms with Crippen LogP contribution in [0, 0.1) is 11.3 Å². The van der Waals surface area contributed by atoms with Gasteiger partial charge in [0.2, 0.25) is 5.95 Å². The zero-order valence-electron chi connectivity index (χ0n) is 11.8. The molecule has 1 N–H and O–H groups in total. The Morgan fingerprint density at radius 1 is 1.43 bits per heavy atom. The number of ether oxygens (including phenoxy) is 1. The van der Waals surface area contributed by atoms with Gasteiger partial charge < -0.3 is 14.7 Å². The lowest BCUT2D eigenvalue weighted by Gasteiger charge is -2.23. The maximum absolute atomic E-state index is 11.6. The number of fused-ring (bicyclic) bond motifs is 1. The van der Waals surface area contributed by atoms with E-state index in [1.54, 1.807) is 0 Å². The molecule has 1 aromatic heterocycles. The quantitative estimate of drug-likeness (QED) is 0.829. The highest BCUT2D eigenvalue weighted by atomic mass is 16.5. The third-order valence-electron chi connectivity index (χ3n) is 4.64. The van der Waals surface area contributed by atoms with Crippen LogP contribution in [0.1, 0.15) is 29.6 Å². The standard InChI is InChI=1S/C14H17N3O4/c1-21-11(18)9-5-15-13(16-6-9)17-7-10-3-2-4-14(10,8-17)12(19)20/h5-6,10H,2-4,7-8H2,1H3,(H,19,20)/t10-,14+/m0/s1. The molecule has 0 unspecified atom stereocenters. The lowest BCUT2D eigenvalue weighted by atomic mass is 9.81. The van der Waals surface area contributed by atoms with Gasteiger partial charge in [0.15, 0.2) is 0 Å². The van der Waals surface area contributed by atoms with Crippen molar-refractivity contribution in [1.82, 2.24) is 9.97 Å². The summed E-state index contributed by atoms with van der Waals surface area (Å²) < 4.78 is 4.60. The summed E-state index contributed by atoms with van der Waals surface area (Å²) in [5, 5.41) is 9.56. The van der Waals surface area contributed by atoms with Crippen LogP contribution in [0.2, 0.25) is 0 Å². The number of esters is 1. The van der Waals surface area contributed by atoms with Crippen LogP contribution in [0.25, 0.3) is 0 Å². The Labute approximate surface area is 121 Å². The number of carboxylic acid groups (broad SMARTS) is 1. The number of hydrogen-bond donors (Lipinski definition) is 1. The molecule has 2 fully saturated rings. The minimum absolute atomic E-state index is 0.152. The SMILES string of the molecule is COC(=O)c1cnc(N2C[C@@H]3CCC[C@@]3(C(=O)O)C2)nc1. The molecule has 0 aromatic carbocycles. The third-order valence-corrected chi connectivity index (χ3v) is 4.64. The van der Waals surface area contributed by atoms with E-state index < -0.39 is 17.4 Å². The van der Waals surface area contributed by atoms with Gasteiger partial charge in [0.05, 0.1) is 18.1 Å². The van der Waals surface area contributed by atoms with Crippen LogP contribution < -0.4 is 4.90 Å². The summed E-state index contributed by atoms with van der Waals surface area (Å²) in [6.07, 6.45) is 5.44. The maximum atomic E-state index is 11.6. The Morgan fingerprint density at radius 3 is 2.71 bits per heavy atom. The lowest BCUT2D eigenvalue weighted by Crippen LogP contribution is -2.36. The molecule has 1 aromatic rings. The second-order valence-corrected chi connectivity index (χ2v) is 5.69. The molecular weight excluding hydrogens is 274 g/mol. The van der Waals surface area contributed by atoms with Gasteiger partial charge in [-0.25, -0.2) is 14.8 Å². The van der Waals surface area contributed by atoms with E-state index in [0.29, 0.717) is 25.5 Å². The summed E-state index contributed by atoms with van der Waals surface area (Å²) in [6, 6.07) is 0. The highest BCUT2D eigenvalue weighted by Gasteiger charge is 2.55. The van der Waals surface area contributed by atoms with Crippen LogP contribution in [-0.2, 0) is 9.53 Å². The van der Waals surface area contributed by atoms with Crippen molar-refractivity contribution in [2.45, 2.75) is 19.3 Å². The van der Waals surface area contributed by atoms with E-state index in [0.717, 1.165) is 12.8 Å². The Morgan fingerprint density at radius 2 is 2.14 bits per heavy atom. The number of hydrogen-bond acceptors (Lipinski definition) is 6. The molecular formula is C14H17N3O4. The average molecular weight is 291 g/mol.